The molecule has 0 amide bonds. The van der Waals surface area contributed by atoms with Crippen LogP contribution in [0.3, 0.4) is 0 Å². The van der Waals surface area contributed by atoms with Crippen LogP contribution in [0.15, 0.2) is 24.3 Å². The Morgan fingerprint density at radius 1 is 1.44 bits per heavy atom. The van der Waals surface area contributed by atoms with Gasteiger partial charge in [0.2, 0.25) is 0 Å². The third-order valence-corrected chi connectivity index (χ3v) is 3.99. The number of carbonyl (C=O) groups excluding carboxylic acids is 1. The minimum Gasteiger partial charge on any atom is -0.497 e. The average Bonchev–Trinajstić information content (AvgIpc) is 2.46. The van der Waals surface area contributed by atoms with E-state index in [-0.39, 0.29) is 11.9 Å². The summed E-state index contributed by atoms with van der Waals surface area (Å²) >= 11 is 1.80. The van der Waals surface area contributed by atoms with E-state index in [0.717, 1.165) is 29.2 Å². The Morgan fingerprint density at radius 3 is 2.83 bits per heavy atom. The van der Waals surface area contributed by atoms with Crippen molar-refractivity contribution >= 4 is 17.5 Å². The van der Waals surface area contributed by atoms with Gasteiger partial charge >= 0.3 is 0 Å². The zero-order chi connectivity index (χ0) is 12.8. The van der Waals surface area contributed by atoms with E-state index in [4.69, 9.17) is 9.47 Å². The number of hydrogen-bond acceptors (Lipinski definition) is 4. The van der Waals surface area contributed by atoms with E-state index in [1.165, 1.54) is 0 Å². The zero-order valence-corrected chi connectivity index (χ0v) is 11.4. The summed E-state index contributed by atoms with van der Waals surface area (Å²) in [6.45, 7) is 0.698. The maximum absolute atomic E-state index is 11.9. The average molecular weight is 266 g/mol. The van der Waals surface area contributed by atoms with Gasteiger partial charge in [-0.2, -0.15) is 11.8 Å². The first kappa shape index (κ1) is 13.4. The lowest BCUT2D eigenvalue weighted by molar-refractivity contribution is -0.129. The molecule has 0 bridgehead atoms. The van der Waals surface area contributed by atoms with Gasteiger partial charge in [0.15, 0.2) is 5.78 Å². The van der Waals surface area contributed by atoms with Crippen LogP contribution in [0.4, 0.5) is 0 Å². The highest BCUT2D eigenvalue weighted by molar-refractivity contribution is 7.99. The topological polar surface area (TPSA) is 35.5 Å². The molecule has 1 heterocycles. The van der Waals surface area contributed by atoms with Crippen molar-refractivity contribution in [3.63, 3.8) is 0 Å². The zero-order valence-electron chi connectivity index (χ0n) is 10.6. The molecular formula is C14H18O3S. The first-order chi connectivity index (χ1) is 8.79. The number of thioether (sulfide) groups is 1. The number of benzene rings is 1. The molecule has 4 heteroatoms. The number of ketones is 1. The summed E-state index contributed by atoms with van der Waals surface area (Å²) in [7, 11) is 1.65. The van der Waals surface area contributed by atoms with Crippen LogP contribution in [0.5, 0.6) is 5.75 Å². The lowest BCUT2D eigenvalue weighted by Gasteiger charge is -2.20. The van der Waals surface area contributed by atoms with Gasteiger partial charge in [0, 0.05) is 17.9 Å². The Labute approximate surface area is 112 Å². The van der Waals surface area contributed by atoms with Crippen LogP contribution in [-0.2, 0) is 16.0 Å². The summed E-state index contributed by atoms with van der Waals surface area (Å²) in [6, 6.07) is 7.85. The van der Waals surface area contributed by atoms with Gasteiger partial charge in [0.25, 0.3) is 0 Å². The molecule has 0 aromatic heterocycles. The standard InChI is InChI=1S/C14H18O3S/c1-16-12-5-2-11(3-6-12)4-7-13(15)14-10-18-9-8-17-14/h2-3,5-6,14H,4,7-10H2,1H3. The Hall–Kier alpha value is -1.00. The molecule has 1 aromatic carbocycles. The highest BCUT2D eigenvalue weighted by atomic mass is 32.2. The van der Waals surface area contributed by atoms with E-state index in [1.54, 1.807) is 18.9 Å². The van der Waals surface area contributed by atoms with Crippen LogP contribution in [0, 0.1) is 0 Å². The summed E-state index contributed by atoms with van der Waals surface area (Å²) in [6.07, 6.45) is 1.13. The van der Waals surface area contributed by atoms with Crippen LogP contribution in [0.2, 0.25) is 0 Å². The number of rotatable bonds is 5. The largest absolute Gasteiger partial charge is 0.497 e. The number of methoxy groups -OCH3 is 1. The van der Waals surface area contributed by atoms with Crippen molar-refractivity contribution in [1.29, 1.82) is 0 Å². The van der Waals surface area contributed by atoms with E-state index >= 15 is 0 Å². The molecule has 98 valence electrons. The predicted octanol–water partition coefficient (Wildman–Crippen LogP) is 2.33. The highest BCUT2D eigenvalue weighted by Crippen LogP contribution is 2.17. The molecule has 1 aliphatic heterocycles. The van der Waals surface area contributed by atoms with Gasteiger partial charge in [-0.25, -0.2) is 0 Å². The molecule has 1 atom stereocenters. The second kappa shape index (κ2) is 6.81. The molecule has 18 heavy (non-hydrogen) atoms. The molecule has 1 aromatic rings. The van der Waals surface area contributed by atoms with Gasteiger partial charge < -0.3 is 9.47 Å². The fourth-order valence-electron chi connectivity index (χ4n) is 1.89. The Bertz CT molecular complexity index is 383. The van der Waals surface area contributed by atoms with Gasteiger partial charge in [0.1, 0.15) is 11.9 Å². The van der Waals surface area contributed by atoms with E-state index in [2.05, 4.69) is 0 Å². The summed E-state index contributed by atoms with van der Waals surface area (Å²) in [5.41, 5.74) is 1.16. The molecule has 1 saturated heterocycles. The second-order valence-corrected chi connectivity index (χ2v) is 5.40. The van der Waals surface area contributed by atoms with Crippen molar-refractivity contribution in [2.75, 3.05) is 25.2 Å². The van der Waals surface area contributed by atoms with Crippen LogP contribution >= 0.6 is 11.8 Å². The first-order valence-corrected chi connectivity index (χ1v) is 7.30. The fraction of sp³-hybridized carbons (Fsp3) is 0.500. The van der Waals surface area contributed by atoms with Gasteiger partial charge in [0.05, 0.1) is 13.7 Å². The Morgan fingerprint density at radius 2 is 2.22 bits per heavy atom. The van der Waals surface area contributed by atoms with E-state index in [0.29, 0.717) is 13.0 Å². The van der Waals surface area contributed by atoms with Gasteiger partial charge in [-0.05, 0) is 24.1 Å². The van der Waals surface area contributed by atoms with Crippen molar-refractivity contribution in [3.8, 4) is 5.75 Å². The Balaban J connectivity index is 1.80. The summed E-state index contributed by atoms with van der Waals surface area (Å²) in [5, 5.41) is 0. The second-order valence-electron chi connectivity index (χ2n) is 4.25. The number of hydrogen-bond donors (Lipinski definition) is 0. The summed E-state index contributed by atoms with van der Waals surface area (Å²) < 4.78 is 10.6. The number of ether oxygens (including phenoxy) is 2. The van der Waals surface area contributed by atoms with Crippen molar-refractivity contribution in [1.82, 2.24) is 0 Å². The monoisotopic (exact) mass is 266 g/mol. The molecule has 2 rings (SSSR count). The van der Waals surface area contributed by atoms with Crippen LogP contribution in [0.25, 0.3) is 0 Å². The fourth-order valence-corrected chi connectivity index (χ4v) is 2.77. The number of carbonyl (C=O) groups is 1. The normalized spacial score (nSPS) is 19.5. The van der Waals surface area contributed by atoms with Crippen molar-refractivity contribution in [2.24, 2.45) is 0 Å². The maximum Gasteiger partial charge on any atom is 0.162 e. The van der Waals surface area contributed by atoms with Crippen molar-refractivity contribution < 1.29 is 14.3 Å². The lowest BCUT2D eigenvalue weighted by Crippen LogP contribution is -2.31. The van der Waals surface area contributed by atoms with Gasteiger partial charge in [-0.3, -0.25) is 4.79 Å². The molecule has 3 nitrogen and oxygen atoms in total. The van der Waals surface area contributed by atoms with E-state index < -0.39 is 0 Å². The molecule has 0 aliphatic carbocycles. The van der Waals surface area contributed by atoms with Crippen molar-refractivity contribution in [3.05, 3.63) is 29.8 Å². The lowest BCUT2D eigenvalue weighted by atomic mass is 10.1. The number of aryl methyl sites for hydroxylation is 1. The molecular weight excluding hydrogens is 248 g/mol. The van der Waals surface area contributed by atoms with Crippen LogP contribution in [0.1, 0.15) is 12.0 Å². The molecule has 1 unspecified atom stereocenters. The maximum atomic E-state index is 11.9. The molecule has 0 saturated carbocycles. The van der Waals surface area contributed by atoms with Crippen LogP contribution < -0.4 is 4.74 Å². The minimum atomic E-state index is -0.193. The molecule has 1 fully saturated rings. The smallest absolute Gasteiger partial charge is 0.162 e. The number of Topliss-reactive ketones (excluding diaryl/α,β-unsaturated/α-hetero) is 1. The SMILES string of the molecule is COc1ccc(CCC(=O)C2CSCCO2)cc1. The molecule has 0 radical (unpaired) electrons. The van der Waals surface area contributed by atoms with Gasteiger partial charge in [-0.1, -0.05) is 12.1 Å². The molecule has 0 spiro atoms. The summed E-state index contributed by atoms with van der Waals surface area (Å²) in [4.78, 5) is 11.9. The Kier molecular flexibility index (Phi) is 5.08. The quantitative estimate of drug-likeness (QED) is 0.819. The predicted molar refractivity (Wildman–Crippen MR) is 73.4 cm³/mol. The summed E-state index contributed by atoms with van der Waals surface area (Å²) in [5.74, 6) is 2.87. The highest BCUT2D eigenvalue weighted by Gasteiger charge is 2.21. The third kappa shape index (κ3) is 3.75. The van der Waals surface area contributed by atoms with Gasteiger partial charge in [-0.15, -0.1) is 0 Å². The van der Waals surface area contributed by atoms with E-state index in [1.807, 2.05) is 24.3 Å². The molecule has 1 aliphatic rings. The van der Waals surface area contributed by atoms with Crippen LogP contribution in [-0.4, -0.2) is 37.1 Å². The van der Waals surface area contributed by atoms with E-state index in [9.17, 15) is 4.79 Å². The first-order valence-electron chi connectivity index (χ1n) is 6.14. The van der Waals surface area contributed by atoms with Crippen molar-refractivity contribution in [2.45, 2.75) is 18.9 Å². The minimum absolute atomic E-state index is 0.193. The third-order valence-electron chi connectivity index (χ3n) is 2.99. The molecule has 0 N–H and O–H groups in total.